The van der Waals surface area contributed by atoms with Crippen molar-refractivity contribution in [3.05, 3.63) is 42.0 Å². The van der Waals surface area contributed by atoms with Gasteiger partial charge in [-0.2, -0.15) is 5.10 Å². The van der Waals surface area contributed by atoms with Crippen LogP contribution in [0.2, 0.25) is 0 Å². The largest absolute Gasteiger partial charge is 0.399 e. The number of benzene rings is 1. The first-order valence-corrected chi connectivity index (χ1v) is 7.91. The quantitative estimate of drug-likeness (QED) is 0.621. The van der Waals surface area contributed by atoms with Gasteiger partial charge in [-0.15, -0.1) is 0 Å². The molecule has 2 aromatic rings. The number of nitrogens with two attached hydrogens (primary N) is 1. The summed E-state index contributed by atoms with van der Waals surface area (Å²) in [4.78, 5) is -0.126. The van der Waals surface area contributed by atoms with Crippen molar-refractivity contribution in [2.24, 2.45) is 0 Å². The number of nitrogens with one attached hydrogen (secondary N) is 1. The van der Waals surface area contributed by atoms with Gasteiger partial charge in [-0.05, 0) is 31.5 Å². The highest BCUT2D eigenvalue weighted by atomic mass is 32.2. The number of rotatable bonds is 6. The summed E-state index contributed by atoms with van der Waals surface area (Å²) in [7, 11) is -3.78. The molecule has 0 atom stereocenters. The van der Waals surface area contributed by atoms with Gasteiger partial charge in [-0.1, -0.05) is 0 Å². The fourth-order valence-corrected chi connectivity index (χ4v) is 3.27. The van der Waals surface area contributed by atoms with E-state index in [9.17, 15) is 12.8 Å². The third-order valence-electron chi connectivity index (χ3n) is 3.02. The van der Waals surface area contributed by atoms with Gasteiger partial charge < -0.3 is 5.73 Å². The Morgan fingerprint density at radius 3 is 2.86 bits per heavy atom. The zero-order chi connectivity index (χ0) is 15.5. The monoisotopic (exact) mass is 312 g/mol. The van der Waals surface area contributed by atoms with Crippen LogP contribution < -0.4 is 10.5 Å². The van der Waals surface area contributed by atoms with E-state index in [1.807, 2.05) is 0 Å². The second-order valence-corrected chi connectivity index (χ2v) is 6.38. The molecule has 6 nitrogen and oxygen atoms in total. The molecule has 0 spiro atoms. The van der Waals surface area contributed by atoms with Crippen LogP contribution in [0.3, 0.4) is 0 Å². The Bertz CT molecular complexity index is 714. The number of nitrogen functional groups attached to an aromatic ring is 1. The summed E-state index contributed by atoms with van der Waals surface area (Å²) in [6, 6.07) is 4.16. The molecule has 1 aromatic heterocycles. The molecular weight excluding hydrogens is 295 g/mol. The molecule has 0 bridgehead atoms. The van der Waals surface area contributed by atoms with Crippen molar-refractivity contribution in [2.75, 3.05) is 12.3 Å². The first-order valence-electron chi connectivity index (χ1n) is 6.43. The van der Waals surface area contributed by atoms with Crippen molar-refractivity contribution in [3.8, 4) is 0 Å². The van der Waals surface area contributed by atoms with Gasteiger partial charge in [-0.25, -0.2) is 17.5 Å². The standard InChI is InChI=1S/C13H17FN4O2S/c1-10-12(14)8-11(15)9-13(10)21(19,20)17-5-3-7-18-6-2-4-16-18/h2,4,6,8-9,17H,3,5,7,15H2,1H3. The molecule has 0 aliphatic rings. The van der Waals surface area contributed by atoms with Gasteiger partial charge in [0.2, 0.25) is 10.0 Å². The Morgan fingerprint density at radius 2 is 2.19 bits per heavy atom. The molecule has 8 heteroatoms. The molecule has 0 fully saturated rings. The molecule has 0 radical (unpaired) electrons. The summed E-state index contributed by atoms with van der Waals surface area (Å²) < 4.78 is 42.0. The molecular formula is C13H17FN4O2S. The minimum Gasteiger partial charge on any atom is -0.399 e. The fourth-order valence-electron chi connectivity index (χ4n) is 1.91. The number of hydrogen-bond acceptors (Lipinski definition) is 4. The summed E-state index contributed by atoms with van der Waals surface area (Å²) in [6.45, 7) is 2.24. The lowest BCUT2D eigenvalue weighted by molar-refractivity contribution is 0.550. The Balaban J connectivity index is 2.02. The zero-order valence-corrected chi connectivity index (χ0v) is 12.4. The predicted octanol–water partition coefficient (Wildman–Crippen LogP) is 1.28. The molecule has 0 aliphatic carbocycles. The smallest absolute Gasteiger partial charge is 0.241 e. The summed E-state index contributed by atoms with van der Waals surface area (Å²) >= 11 is 0. The minimum atomic E-state index is -3.78. The Kier molecular flexibility index (Phi) is 4.59. The number of aryl methyl sites for hydroxylation is 1. The second-order valence-electron chi connectivity index (χ2n) is 4.65. The van der Waals surface area contributed by atoms with Crippen molar-refractivity contribution < 1.29 is 12.8 Å². The average Bonchev–Trinajstić information content (AvgIpc) is 2.92. The lowest BCUT2D eigenvalue weighted by Crippen LogP contribution is -2.26. The molecule has 1 aromatic carbocycles. The molecule has 21 heavy (non-hydrogen) atoms. The van der Waals surface area contributed by atoms with Crippen LogP contribution in [0, 0.1) is 12.7 Å². The summed E-state index contributed by atoms with van der Waals surface area (Å²) in [6.07, 6.45) is 4.03. The molecule has 0 aliphatic heterocycles. The number of sulfonamides is 1. The number of nitrogens with zero attached hydrogens (tertiary/aromatic N) is 2. The Morgan fingerprint density at radius 1 is 1.43 bits per heavy atom. The van der Waals surface area contributed by atoms with Crippen LogP contribution in [0.5, 0.6) is 0 Å². The molecule has 0 amide bonds. The molecule has 114 valence electrons. The van der Waals surface area contributed by atoms with Gasteiger partial charge in [0, 0.05) is 36.7 Å². The van der Waals surface area contributed by atoms with Crippen molar-refractivity contribution in [2.45, 2.75) is 24.8 Å². The maximum atomic E-state index is 13.6. The zero-order valence-electron chi connectivity index (χ0n) is 11.6. The third-order valence-corrected chi connectivity index (χ3v) is 4.61. The summed E-state index contributed by atoms with van der Waals surface area (Å²) in [5.41, 5.74) is 5.64. The number of aromatic nitrogens is 2. The highest BCUT2D eigenvalue weighted by Gasteiger charge is 2.19. The second kappa shape index (κ2) is 6.23. The molecule has 2 rings (SSSR count). The van der Waals surface area contributed by atoms with Crippen LogP contribution in [0.15, 0.2) is 35.5 Å². The maximum absolute atomic E-state index is 13.6. The van der Waals surface area contributed by atoms with Gasteiger partial charge >= 0.3 is 0 Å². The van der Waals surface area contributed by atoms with E-state index in [2.05, 4.69) is 9.82 Å². The first kappa shape index (κ1) is 15.5. The number of hydrogen-bond donors (Lipinski definition) is 2. The maximum Gasteiger partial charge on any atom is 0.241 e. The molecule has 3 N–H and O–H groups in total. The van der Waals surface area contributed by atoms with Crippen LogP contribution in [-0.4, -0.2) is 24.7 Å². The Labute approximate surface area is 122 Å². The molecule has 0 unspecified atom stereocenters. The van der Waals surface area contributed by atoms with Crippen LogP contribution in [-0.2, 0) is 16.6 Å². The number of halogens is 1. The lowest BCUT2D eigenvalue weighted by atomic mass is 10.2. The van der Waals surface area contributed by atoms with Crippen LogP contribution >= 0.6 is 0 Å². The topological polar surface area (TPSA) is 90.0 Å². The van der Waals surface area contributed by atoms with E-state index >= 15 is 0 Å². The number of anilines is 1. The molecule has 1 heterocycles. The van der Waals surface area contributed by atoms with Gasteiger partial charge in [0.25, 0.3) is 0 Å². The molecule has 0 saturated heterocycles. The Hall–Kier alpha value is -1.93. The van der Waals surface area contributed by atoms with E-state index in [0.29, 0.717) is 13.0 Å². The molecule has 0 saturated carbocycles. The minimum absolute atomic E-state index is 0.0591. The van der Waals surface area contributed by atoms with Crippen LogP contribution in [0.25, 0.3) is 0 Å². The van der Waals surface area contributed by atoms with E-state index < -0.39 is 15.8 Å². The van der Waals surface area contributed by atoms with Gasteiger partial charge in [0.05, 0.1) is 4.90 Å². The van der Waals surface area contributed by atoms with Gasteiger partial charge in [0.1, 0.15) is 5.82 Å². The average molecular weight is 312 g/mol. The summed E-state index contributed by atoms with van der Waals surface area (Å²) in [5.74, 6) is -0.632. The van der Waals surface area contributed by atoms with Gasteiger partial charge in [-0.3, -0.25) is 4.68 Å². The van der Waals surface area contributed by atoms with Crippen LogP contribution in [0.1, 0.15) is 12.0 Å². The normalized spacial score (nSPS) is 11.7. The van der Waals surface area contributed by atoms with Gasteiger partial charge in [0.15, 0.2) is 0 Å². The van der Waals surface area contributed by atoms with Crippen molar-refractivity contribution >= 4 is 15.7 Å². The van der Waals surface area contributed by atoms with E-state index in [4.69, 9.17) is 5.73 Å². The van der Waals surface area contributed by atoms with E-state index in [1.165, 1.54) is 13.0 Å². The van der Waals surface area contributed by atoms with E-state index in [1.54, 1.807) is 23.1 Å². The van der Waals surface area contributed by atoms with Crippen molar-refractivity contribution in [1.29, 1.82) is 0 Å². The summed E-state index contributed by atoms with van der Waals surface area (Å²) in [5, 5.41) is 4.02. The highest BCUT2D eigenvalue weighted by molar-refractivity contribution is 7.89. The third kappa shape index (κ3) is 3.79. The highest BCUT2D eigenvalue weighted by Crippen LogP contribution is 2.21. The fraction of sp³-hybridized carbons (Fsp3) is 0.308. The SMILES string of the molecule is Cc1c(F)cc(N)cc1S(=O)(=O)NCCCn1cccn1. The van der Waals surface area contributed by atoms with Crippen molar-refractivity contribution in [1.82, 2.24) is 14.5 Å². The van der Waals surface area contributed by atoms with Crippen LogP contribution in [0.4, 0.5) is 10.1 Å². The van der Waals surface area contributed by atoms with E-state index in [0.717, 1.165) is 6.07 Å². The first-order chi connectivity index (χ1) is 9.90. The predicted molar refractivity (Wildman–Crippen MR) is 77.6 cm³/mol. The van der Waals surface area contributed by atoms with Crippen molar-refractivity contribution in [3.63, 3.8) is 0 Å². The lowest BCUT2D eigenvalue weighted by Gasteiger charge is -2.11. The van der Waals surface area contributed by atoms with E-state index in [-0.39, 0.29) is 22.7 Å².